The van der Waals surface area contributed by atoms with Crippen molar-refractivity contribution < 1.29 is 18.3 Å². The first-order valence-corrected chi connectivity index (χ1v) is 6.18. The van der Waals surface area contributed by atoms with Crippen molar-refractivity contribution in [3.05, 3.63) is 35.4 Å². The number of carbonyl (C=O) groups is 1. The number of carbonyl (C=O) groups excluding carboxylic acids is 1. The predicted octanol–water partition coefficient (Wildman–Crippen LogP) is 1.38. The summed E-state index contributed by atoms with van der Waals surface area (Å²) in [4.78, 5) is 11.6. The molecule has 1 unspecified atom stereocenters. The summed E-state index contributed by atoms with van der Waals surface area (Å²) < 4.78 is 31.4. The molecule has 1 saturated heterocycles. The van der Waals surface area contributed by atoms with E-state index in [2.05, 4.69) is 10.6 Å². The molecule has 7 heteroatoms. The summed E-state index contributed by atoms with van der Waals surface area (Å²) in [5.74, 6) is -1.50. The van der Waals surface area contributed by atoms with Gasteiger partial charge in [0.25, 0.3) is 0 Å². The smallest absolute Gasteiger partial charge is 0.222 e. The third kappa shape index (κ3) is 5.03. The van der Waals surface area contributed by atoms with E-state index in [0.717, 1.165) is 12.6 Å². The highest BCUT2D eigenvalue weighted by molar-refractivity contribution is 5.85. The molecule has 1 aliphatic rings. The fourth-order valence-electron chi connectivity index (χ4n) is 1.89. The van der Waals surface area contributed by atoms with Gasteiger partial charge < -0.3 is 15.4 Å². The van der Waals surface area contributed by atoms with Crippen molar-refractivity contribution in [2.45, 2.75) is 19.1 Å². The molecule has 4 nitrogen and oxygen atoms in total. The van der Waals surface area contributed by atoms with E-state index in [0.29, 0.717) is 13.2 Å². The second-order valence-electron chi connectivity index (χ2n) is 4.41. The van der Waals surface area contributed by atoms with Crippen molar-refractivity contribution in [1.82, 2.24) is 10.6 Å². The van der Waals surface area contributed by atoms with Crippen molar-refractivity contribution in [3.63, 3.8) is 0 Å². The van der Waals surface area contributed by atoms with Gasteiger partial charge in [0.2, 0.25) is 5.91 Å². The van der Waals surface area contributed by atoms with Gasteiger partial charge in [-0.3, -0.25) is 4.79 Å². The van der Waals surface area contributed by atoms with E-state index in [1.807, 2.05) is 0 Å². The first-order chi connectivity index (χ1) is 9.15. The Kier molecular flexibility index (Phi) is 6.84. The van der Waals surface area contributed by atoms with Gasteiger partial charge in [-0.1, -0.05) is 6.07 Å². The van der Waals surface area contributed by atoms with Gasteiger partial charge in [0.15, 0.2) is 0 Å². The molecule has 20 heavy (non-hydrogen) atoms. The Bertz CT molecular complexity index is 454. The Balaban J connectivity index is 0.00000200. The molecule has 2 rings (SSSR count). The maximum Gasteiger partial charge on any atom is 0.222 e. The second kappa shape index (κ2) is 8.14. The van der Waals surface area contributed by atoms with Crippen LogP contribution in [0.1, 0.15) is 12.0 Å². The van der Waals surface area contributed by atoms with Crippen LogP contribution in [0.2, 0.25) is 0 Å². The van der Waals surface area contributed by atoms with Crippen molar-refractivity contribution in [1.29, 1.82) is 0 Å². The zero-order valence-electron chi connectivity index (χ0n) is 10.8. The van der Waals surface area contributed by atoms with Gasteiger partial charge in [-0.25, -0.2) is 8.78 Å². The lowest BCUT2D eigenvalue weighted by Gasteiger charge is -2.23. The third-order valence-corrected chi connectivity index (χ3v) is 2.91. The number of amides is 1. The van der Waals surface area contributed by atoms with Crippen molar-refractivity contribution in [2.24, 2.45) is 0 Å². The number of halogens is 3. The summed E-state index contributed by atoms with van der Waals surface area (Å²) in [5, 5.41) is 5.72. The third-order valence-electron chi connectivity index (χ3n) is 2.91. The van der Waals surface area contributed by atoms with Gasteiger partial charge in [-0.05, 0) is 6.07 Å². The summed E-state index contributed by atoms with van der Waals surface area (Å²) in [5.41, 5.74) is 0.262. The molecular weight excluding hydrogens is 290 g/mol. The van der Waals surface area contributed by atoms with Gasteiger partial charge in [0.1, 0.15) is 11.6 Å². The van der Waals surface area contributed by atoms with Gasteiger partial charge in [-0.2, -0.15) is 0 Å². The molecule has 112 valence electrons. The quantitative estimate of drug-likeness (QED) is 0.884. The van der Waals surface area contributed by atoms with E-state index in [-0.39, 0.29) is 42.9 Å². The normalized spacial score (nSPS) is 18.2. The van der Waals surface area contributed by atoms with Gasteiger partial charge in [0, 0.05) is 31.3 Å². The minimum Gasteiger partial charge on any atom is -0.375 e. The summed E-state index contributed by atoms with van der Waals surface area (Å²) >= 11 is 0. The summed E-state index contributed by atoms with van der Waals surface area (Å²) in [6.45, 7) is 2.06. The fourth-order valence-corrected chi connectivity index (χ4v) is 1.89. The van der Waals surface area contributed by atoms with E-state index < -0.39 is 11.6 Å². The molecule has 0 aliphatic carbocycles. The molecule has 0 spiro atoms. The largest absolute Gasteiger partial charge is 0.375 e. The first-order valence-electron chi connectivity index (χ1n) is 6.18. The molecule has 1 atom stereocenters. The maximum absolute atomic E-state index is 13.3. The van der Waals surface area contributed by atoms with Crippen LogP contribution in [0.25, 0.3) is 0 Å². The summed E-state index contributed by atoms with van der Waals surface area (Å²) in [7, 11) is 0. The number of morpholine rings is 1. The average molecular weight is 307 g/mol. The van der Waals surface area contributed by atoms with Crippen molar-refractivity contribution in [2.75, 3.05) is 19.7 Å². The van der Waals surface area contributed by atoms with E-state index in [4.69, 9.17) is 4.74 Å². The lowest BCUT2D eigenvalue weighted by molar-refractivity contribution is -0.124. The maximum atomic E-state index is 13.3. The average Bonchev–Trinajstić information content (AvgIpc) is 2.39. The molecule has 1 fully saturated rings. The highest BCUT2D eigenvalue weighted by Gasteiger charge is 2.17. The Labute approximate surface area is 122 Å². The predicted molar refractivity (Wildman–Crippen MR) is 72.7 cm³/mol. The molecule has 0 radical (unpaired) electrons. The van der Waals surface area contributed by atoms with Gasteiger partial charge >= 0.3 is 0 Å². The Morgan fingerprint density at radius 3 is 2.90 bits per heavy atom. The molecule has 1 aromatic rings. The minimum absolute atomic E-state index is 0. The molecular formula is C13H17ClF2N2O2. The fraction of sp³-hybridized carbons (Fsp3) is 0.462. The SMILES string of the molecule is Cl.O=C(CC1CNCCO1)NCc1ccc(F)cc1F. The van der Waals surface area contributed by atoms with Crippen LogP contribution < -0.4 is 10.6 Å². The number of hydrogen-bond donors (Lipinski definition) is 2. The number of hydrogen-bond acceptors (Lipinski definition) is 3. The topological polar surface area (TPSA) is 50.4 Å². The Morgan fingerprint density at radius 1 is 1.45 bits per heavy atom. The second-order valence-corrected chi connectivity index (χ2v) is 4.41. The van der Waals surface area contributed by atoms with Crippen LogP contribution in [0, 0.1) is 11.6 Å². The molecule has 1 amide bonds. The van der Waals surface area contributed by atoms with Crippen LogP contribution in [0.3, 0.4) is 0 Å². The zero-order chi connectivity index (χ0) is 13.7. The van der Waals surface area contributed by atoms with E-state index in [9.17, 15) is 13.6 Å². The highest BCUT2D eigenvalue weighted by Crippen LogP contribution is 2.09. The zero-order valence-corrected chi connectivity index (χ0v) is 11.6. The Hall–Kier alpha value is -1.24. The molecule has 0 aromatic heterocycles. The van der Waals surface area contributed by atoms with Crippen LogP contribution >= 0.6 is 12.4 Å². The summed E-state index contributed by atoms with van der Waals surface area (Å²) in [6, 6.07) is 3.29. The highest BCUT2D eigenvalue weighted by atomic mass is 35.5. The molecule has 1 heterocycles. The lowest BCUT2D eigenvalue weighted by Crippen LogP contribution is -2.41. The molecule has 1 aliphatic heterocycles. The van der Waals surface area contributed by atoms with E-state index in [1.54, 1.807) is 0 Å². The van der Waals surface area contributed by atoms with Crippen LogP contribution in [-0.2, 0) is 16.1 Å². The van der Waals surface area contributed by atoms with Gasteiger partial charge in [0.05, 0.1) is 19.1 Å². The molecule has 0 bridgehead atoms. The van der Waals surface area contributed by atoms with Crippen molar-refractivity contribution >= 4 is 18.3 Å². The van der Waals surface area contributed by atoms with Crippen molar-refractivity contribution in [3.8, 4) is 0 Å². The van der Waals surface area contributed by atoms with Crippen LogP contribution in [0.15, 0.2) is 18.2 Å². The van der Waals surface area contributed by atoms with Gasteiger partial charge in [-0.15, -0.1) is 12.4 Å². The monoisotopic (exact) mass is 306 g/mol. The van der Waals surface area contributed by atoms with E-state index >= 15 is 0 Å². The van der Waals surface area contributed by atoms with E-state index in [1.165, 1.54) is 12.1 Å². The van der Waals surface area contributed by atoms with Crippen LogP contribution in [0.4, 0.5) is 8.78 Å². The molecule has 2 N–H and O–H groups in total. The van der Waals surface area contributed by atoms with Crippen LogP contribution in [0.5, 0.6) is 0 Å². The standard InChI is InChI=1S/C13H16F2N2O2.ClH/c14-10-2-1-9(12(15)5-10)7-17-13(18)6-11-8-16-3-4-19-11;/h1-2,5,11,16H,3-4,6-8H2,(H,17,18);1H. The van der Waals surface area contributed by atoms with Crippen LogP contribution in [-0.4, -0.2) is 31.7 Å². The number of nitrogens with one attached hydrogen (secondary N) is 2. The summed E-state index contributed by atoms with van der Waals surface area (Å²) in [6.07, 6.45) is 0.0855. The number of benzene rings is 1. The molecule has 1 aromatic carbocycles. The lowest BCUT2D eigenvalue weighted by atomic mass is 10.2. The Morgan fingerprint density at radius 2 is 2.25 bits per heavy atom. The first kappa shape index (κ1) is 16.8. The minimum atomic E-state index is -0.657. The molecule has 0 saturated carbocycles. The number of ether oxygens (including phenoxy) is 1. The number of rotatable bonds is 4.